The van der Waals surface area contributed by atoms with Gasteiger partial charge in [-0.05, 0) is 92.4 Å². The lowest BCUT2D eigenvalue weighted by molar-refractivity contribution is 0.660. The topological polar surface area (TPSA) is 29.5 Å². The molecule has 0 saturated carbocycles. The van der Waals surface area contributed by atoms with Crippen LogP contribution in [0.2, 0.25) is 0 Å². The standard InChI is InChI=1S/C52H37NO2/c1-51(2)39-19-10-7-14-32(39)34-26-24-30(28-41(34)51)53(31-25-27-35-33-15-8-11-20-40(33)52(3,4)42(35)29-31)43-21-13-23-45-48(43)46-36-16-5-6-17-37(36)49-47(50(46)55-45)38-18-9-12-22-44(38)54-49/h5-29H,1-4H3. The van der Waals surface area contributed by atoms with Crippen LogP contribution >= 0.6 is 0 Å². The molecule has 2 aliphatic carbocycles. The summed E-state index contributed by atoms with van der Waals surface area (Å²) in [6.07, 6.45) is 0. The summed E-state index contributed by atoms with van der Waals surface area (Å²) in [5.74, 6) is 0. The van der Waals surface area contributed by atoms with Crippen molar-refractivity contribution in [1.82, 2.24) is 0 Å². The van der Waals surface area contributed by atoms with Crippen LogP contribution in [0.4, 0.5) is 17.1 Å². The van der Waals surface area contributed by atoms with Crippen molar-refractivity contribution in [2.75, 3.05) is 4.90 Å². The molecule has 0 aliphatic heterocycles. The summed E-state index contributed by atoms with van der Waals surface area (Å²) in [5, 5.41) is 6.48. The molecule has 2 heterocycles. The average Bonchev–Trinajstić information content (AvgIpc) is 3.92. The van der Waals surface area contributed by atoms with E-state index in [0.29, 0.717) is 0 Å². The van der Waals surface area contributed by atoms with Gasteiger partial charge in [0.05, 0.1) is 16.5 Å². The van der Waals surface area contributed by atoms with Crippen LogP contribution in [0.1, 0.15) is 49.9 Å². The first-order valence-corrected chi connectivity index (χ1v) is 19.3. The predicted molar refractivity (Wildman–Crippen MR) is 228 cm³/mol. The molecule has 2 aromatic heterocycles. The maximum absolute atomic E-state index is 7.01. The quantitative estimate of drug-likeness (QED) is 0.183. The largest absolute Gasteiger partial charge is 0.455 e. The van der Waals surface area contributed by atoms with E-state index in [-0.39, 0.29) is 10.8 Å². The number of hydrogen-bond donors (Lipinski definition) is 0. The smallest absolute Gasteiger partial charge is 0.147 e. The van der Waals surface area contributed by atoms with E-state index < -0.39 is 0 Å². The Hall–Kier alpha value is -6.58. The maximum Gasteiger partial charge on any atom is 0.147 e. The van der Waals surface area contributed by atoms with Crippen LogP contribution in [0.15, 0.2) is 160 Å². The van der Waals surface area contributed by atoms with Gasteiger partial charge >= 0.3 is 0 Å². The normalized spacial score (nSPS) is 14.8. The number of benzene rings is 8. The number of para-hydroxylation sites is 1. The van der Waals surface area contributed by atoms with Crippen molar-refractivity contribution < 1.29 is 8.83 Å². The SMILES string of the molecule is CC1(C)c2ccccc2-c2ccc(N(c3ccc4c(c3)C(C)(C)c3ccccc3-4)c3cccc4oc5c6c7ccccc7oc6c6ccccc6c5c34)cc21. The van der Waals surface area contributed by atoms with Crippen molar-refractivity contribution in [3.05, 3.63) is 174 Å². The Bertz CT molecular complexity index is 3170. The third-order valence-corrected chi connectivity index (χ3v) is 12.8. The van der Waals surface area contributed by atoms with Crippen LogP contribution in [-0.2, 0) is 10.8 Å². The third kappa shape index (κ3) is 3.95. The van der Waals surface area contributed by atoms with Crippen molar-refractivity contribution in [3.8, 4) is 22.3 Å². The Balaban J connectivity index is 1.19. The van der Waals surface area contributed by atoms with Gasteiger partial charge in [-0.2, -0.15) is 0 Å². The molecule has 10 aromatic rings. The molecule has 55 heavy (non-hydrogen) atoms. The second-order valence-corrected chi connectivity index (χ2v) is 16.4. The fourth-order valence-corrected chi connectivity index (χ4v) is 10.2. The lowest BCUT2D eigenvalue weighted by Crippen LogP contribution is -2.18. The first-order chi connectivity index (χ1) is 26.8. The van der Waals surface area contributed by atoms with Gasteiger partial charge in [0.25, 0.3) is 0 Å². The lowest BCUT2D eigenvalue weighted by atomic mass is 9.82. The molecule has 262 valence electrons. The first-order valence-electron chi connectivity index (χ1n) is 19.3. The Morgan fingerprint density at radius 2 is 0.891 bits per heavy atom. The van der Waals surface area contributed by atoms with Crippen LogP contribution < -0.4 is 4.90 Å². The Labute approximate surface area is 319 Å². The van der Waals surface area contributed by atoms with Crippen LogP contribution in [-0.4, -0.2) is 0 Å². The molecule has 2 aliphatic rings. The van der Waals surface area contributed by atoms with Crippen molar-refractivity contribution in [2.24, 2.45) is 0 Å². The molecule has 3 nitrogen and oxygen atoms in total. The molecule has 0 N–H and O–H groups in total. The van der Waals surface area contributed by atoms with E-state index in [9.17, 15) is 0 Å². The maximum atomic E-state index is 7.01. The van der Waals surface area contributed by atoms with Gasteiger partial charge in [0, 0.05) is 38.4 Å². The van der Waals surface area contributed by atoms with Gasteiger partial charge in [0.1, 0.15) is 22.3 Å². The zero-order valence-corrected chi connectivity index (χ0v) is 31.2. The molecular formula is C52H37NO2. The molecule has 8 aromatic carbocycles. The highest BCUT2D eigenvalue weighted by Crippen LogP contribution is 2.55. The minimum Gasteiger partial charge on any atom is -0.455 e. The Kier molecular flexibility index (Phi) is 5.91. The first kappa shape index (κ1) is 30.8. The zero-order chi connectivity index (χ0) is 36.8. The molecule has 0 atom stereocenters. The summed E-state index contributed by atoms with van der Waals surface area (Å²) in [5.41, 5.74) is 17.1. The Morgan fingerprint density at radius 1 is 0.382 bits per heavy atom. The monoisotopic (exact) mass is 707 g/mol. The van der Waals surface area contributed by atoms with E-state index in [1.165, 1.54) is 44.5 Å². The summed E-state index contributed by atoms with van der Waals surface area (Å²) >= 11 is 0. The number of rotatable bonds is 3. The Morgan fingerprint density at radius 3 is 1.55 bits per heavy atom. The van der Waals surface area contributed by atoms with Crippen molar-refractivity contribution in [2.45, 2.75) is 38.5 Å². The highest BCUT2D eigenvalue weighted by Gasteiger charge is 2.38. The number of nitrogens with zero attached hydrogens (tertiary/aromatic N) is 1. The molecule has 0 fully saturated rings. The molecular weight excluding hydrogens is 671 g/mol. The fourth-order valence-electron chi connectivity index (χ4n) is 10.2. The summed E-state index contributed by atoms with van der Waals surface area (Å²) in [6, 6.07) is 55.4. The molecule has 0 radical (unpaired) electrons. The lowest BCUT2D eigenvalue weighted by Gasteiger charge is -2.30. The van der Waals surface area contributed by atoms with Gasteiger partial charge in [-0.3, -0.25) is 0 Å². The number of furan rings is 2. The number of fused-ring (bicyclic) bond motifs is 16. The van der Waals surface area contributed by atoms with Gasteiger partial charge in [-0.1, -0.05) is 137 Å². The molecule has 0 unspecified atom stereocenters. The van der Waals surface area contributed by atoms with Crippen molar-refractivity contribution >= 4 is 71.7 Å². The minimum absolute atomic E-state index is 0.145. The van der Waals surface area contributed by atoms with E-state index in [1.54, 1.807) is 0 Å². The summed E-state index contributed by atoms with van der Waals surface area (Å²) < 4.78 is 13.6. The predicted octanol–water partition coefficient (Wildman–Crippen LogP) is 14.7. The van der Waals surface area contributed by atoms with E-state index in [1.807, 2.05) is 12.1 Å². The van der Waals surface area contributed by atoms with Crippen LogP contribution in [0.25, 0.3) is 76.9 Å². The number of hydrogen-bond acceptors (Lipinski definition) is 3. The van der Waals surface area contributed by atoms with E-state index in [4.69, 9.17) is 8.83 Å². The highest BCUT2D eigenvalue weighted by molar-refractivity contribution is 6.35. The summed E-state index contributed by atoms with van der Waals surface area (Å²) in [6.45, 7) is 9.44. The number of anilines is 3. The molecule has 0 amide bonds. The van der Waals surface area contributed by atoms with Gasteiger partial charge in [-0.15, -0.1) is 0 Å². The summed E-state index contributed by atoms with van der Waals surface area (Å²) in [7, 11) is 0. The van der Waals surface area contributed by atoms with Crippen molar-refractivity contribution in [1.29, 1.82) is 0 Å². The minimum atomic E-state index is -0.145. The van der Waals surface area contributed by atoms with Crippen LogP contribution in [0.5, 0.6) is 0 Å². The average molecular weight is 708 g/mol. The highest BCUT2D eigenvalue weighted by atomic mass is 16.3. The molecule has 0 saturated heterocycles. The van der Waals surface area contributed by atoms with Gasteiger partial charge in [0.15, 0.2) is 0 Å². The molecule has 12 rings (SSSR count). The van der Waals surface area contributed by atoms with Crippen molar-refractivity contribution in [3.63, 3.8) is 0 Å². The van der Waals surface area contributed by atoms with Gasteiger partial charge in [-0.25, -0.2) is 0 Å². The zero-order valence-electron chi connectivity index (χ0n) is 31.2. The second-order valence-electron chi connectivity index (χ2n) is 16.4. The van der Waals surface area contributed by atoms with Gasteiger partial charge < -0.3 is 13.7 Å². The summed E-state index contributed by atoms with van der Waals surface area (Å²) in [4.78, 5) is 2.47. The van der Waals surface area contributed by atoms with E-state index >= 15 is 0 Å². The molecule has 0 spiro atoms. The second kappa shape index (κ2) is 10.5. The molecule has 0 bridgehead atoms. The molecule has 3 heteroatoms. The third-order valence-electron chi connectivity index (χ3n) is 12.8. The van der Waals surface area contributed by atoms with E-state index in [0.717, 1.165) is 71.7 Å². The fraction of sp³-hybridized carbons (Fsp3) is 0.115. The van der Waals surface area contributed by atoms with E-state index in [2.05, 4.69) is 172 Å². The van der Waals surface area contributed by atoms with Gasteiger partial charge in [0.2, 0.25) is 0 Å². The van der Waals surface area contributed by atoms with Crippen LogP contribution in [0, 0.1) is 0 Å². The van der Waals surface area contributed by atoms with Crippen LogP contribution in [0.3, 0.4) is 0 Å².